The molecule has 0 amide bonds. The van der Waals surface area contributed by atoms with Gasteiger partial charge in [-0.2, -0.15) is 5.26 Å². The Balaban J connectivity index is 0.864. The summed E-state index contributed by atoms with van der Waals surface area (Å²) in [5, 5.41) is 9.68. The number of pyridine rings is 1. The lowest BCUT2D eigenvalue weighted by molar-refractivity contribution is 0.353. The molecule has 0 aliphatic heterocycles. The molecule has 1 fully saturated rings. The number of hydrogen-bond acceptors (Lipinski definition) is 5. The second kappa shape index (κ2) is 15.7. The molecule has 2 aliphatic rings. The smallest absolute Gasteiger partial charge is 0.164 e. The van der Waals surface area contributed by atoms with E-state index < -0.39 is 0 Å². The lowest BCUT2D eigenvalue weighted by atomic mass is 9.67. The van der Waals surface area contributed by atoms with Crippen molar-refractivity contribution >= 4 is 0 Å². The minimum absolute atomic E-state index is 0.0434. The third-order valence-corrected chi connectivity index (χ3v) is 12.9. The van der Waals surface area contributed by atoms with Crippen LogP contribution in [0.25, 0.3) is 89.8 Å². The van der Waals surface area contributed by atoms with Crippen molar-refractivity contribution in [2.24, 2.45) is 0 Å². The summed E-state index contributed by atoms with van der Waals surface area (Å²) in [6, 6.07) is 64.3. The lowest BCUT2D eigenvalue weighted by Crippen LogP contribution is -2.28. The van der Waals surface area contributed by atoms with E-state index >= 15 is 0 Å². The van der Waals surface area contributed by atoms with E-state index in [0.29, 0.717) is 17.5 Å². The molecule has 5 heteroatoms. The molecule has 5 nitrogen and oxygen atoms in total. The molecule has 0 bridgehead atoms. The fraction of sp³-hybridized carbons (Fsp3) is 0.105. The summed E-state index contributed by atoms with van der Waals surface area (Å²) in [6.07, 6.45) is 9.75. The van der Waals surface area contributed by atoms with Crippen molar-refractivity contribution in [3.05, 3.63) is 205 Å². The molecule has 1 saturated carbocycles. The van der Waals surface area contributed by atoms with Crippen molar-refractivity contribution in [1.29, 1.82) is 5.26 Å². The van der Waals surface area contributed by atoms with Gasteiger partial charge in [0.05, 0.1) is 11.6 Å². The fourth-order valence-electron chi connectivity index (χ4n) is 9.69. The molecule has 2 aromatic heterocycles. The monoisotopic (exact) mass is 795 g/mol. The van der Waals surface area contributed by atoms with Gasteiger partial charge in [-0.1, -0.05) is 165 Å². The van der Waals surface area contributed by atoms with E-state index in [1.807, 2.05) is 48.7 Å². The predicted octanol–water partition coefficient (Wildman–Crippen LogP) is 14.0. The van der Waals surface area contributed by atoms with Crippen LogP contribution in [0.5, 0.6) is 0 Å². The fourth-order valence-corrected chi connectivity index (χ4v) is 9.69. The minimum atomic E-state index is 0.0434. The third kappa shape index (κ3) is 6.76. The first kappa shape index (κ1) is 37.2. The summed E-state index contributed by atoms with van der Waals surface area (Å²) in [5.74, 6) is 1.88. The number of benzene rings is 7. The molecule has 0 N–H and O–H groups in total. The average molecular weight is 796 g/mol. The second-order valence-corrected chi connectivity index (χ2v) is 16.5. The number of aromatic nitrogens is 4. The molecule has 62 heavy (non-hydrogen) atoms. The summed E-state index contributed by atoms with van der Waals surface area (Å²) in [6.45, 7) is 0. The summed E-state index contributed by atoms with van der Waals surface area (Å²) in [4.78, 5) is 19.2. The Bertz CT molecular complexity index is 3130. The van der Waals surface area contributed by atoms with Gasteiger partial charge in [-0.05, 0) is 110 Å². The molecular weight excluding hydrogens is 755 g/mol. The first-order valence-corrected chi connectivity index (χ1v) is 21.5. The SMILES string of the molecule is N#Cc1ccc2c(c1)-c1ccc(-c3ccc(-c4ccc(-c5cccc(-c6nc(-c7ccccc7)nc(-c7ccc(-c8cccnc8)cc7)n6)c5)cc4)cc3)cc1C21CCCCC1. The zero-order chi connectivity index (χ0) is 41.5. The Morgan fingerprint density at radius 2 is 0.903 bits per heavy atom. The minimum Gasteiger partial charge on any atom is -0.264 e. The largest absolute Gasteiger partial charge is 0.264 e. The van der Waals surface area contributed by atoms with Crippen LogP contribution in [0.3, 0.4) is 0 Å². The van der Waals surface area contributed by atoms with Crippen LogP contribution in [0.2, 0.25) is 0 Å². The van der Waals surface area contributed by atoms with Gasteiger partial charge in [-0.25, -0.2) is 15.0 Å². The maximum Gasteiger partial charge on any atom is 0.164 e. The molecule has 9 aromatic rings. The number of hydrogen-bond donors (Lipinski definition) is 0. The molecule has 0 atom stereocenters. The van der Waals surface area contributed by atoms with Crippen molar-refractivity contribution in [2.45, 2.75) is 37.5 Å². The van der Waals surface area contributed by atoms with Gasteiger partial charge < -0.3 is 0 Å². The van der Waals surface area contributed by atoms with Crippen LogP contribution in [0.15, 0.2) is 188 Å². The molecule has 11 rings (SSSR count). The van der Waals surface area contributed by atoms with Gasteiger partial charge in [0.15, 0.2) is 17.5 Å². The van der Waals surface area contributed by atoms with E-state index in [0.717, 1.165) is 44.5 Å². The molecule has 0 saturated heterocycles. The predicted molar refractivity (Wildman–Crippen MR) is 250 cm³/mol. The second-order valence-electron chi connectivity index (χ2n) is 16.5. The van der Waals surface area contributed by atoms with Crippen molar-refractivity contribution < 1.29 is 0 Å². The Kier molecular flexibility index (Phi) is 9.40. The topological polar surface area (TPSA) is 75.3 Å². The van der Waals surface area contributed by atoms with Gasteiger partial charge in [0.25, 0.3) is 0 Å². The molecule has 7 aromatic carbocycles. The van der Waals surface area contributed by atoms with E-state index in [9.17, 15) is 5.26 Å². The van der Waals surface area contributed by atoms with Gasteiger partial charge in [0.1, 0.15) is 0 Å². The van der Waals surface area contributed by atoms with Crippen LogP contribution in [-0.4, -0.2) is 19.9 Å². The van der Waals surface area contributed by atoms with E-state index in [1.165, 1.54) is 76.6 Å². The van der Waals surface area contributed by atoms with Crippen molar-refractivity contribution in [1.82, 2.24) is 19.9 Å². The zero-order valence-electron chi connectivity index (χ0n) is 34.2. The van der Waals surface area contributed by atoms with Crippen LogP contribution in [0.4, 0.5) is 0 Å². The highest BCUT2D eigenvalue weighted by atomic mass is 15.0. The van der Waals surface area contributed by atoms with Gasteiger partial charge >= 0.3 is 0 Å². The molecular formula is C57H41N5. The molecule has 0 radical (unpaired) electrons. The van der Waals surface area contributed by atoms with Gasteiger partial charge in [-0.3, -0.25) is 4.98 Å². The summed E-state index contributed by atoms with van der Waals surface area (Å²) >= 11 is 0. The normalized spacial score (nSPS) is 13.6. The van der Waals surface area contributed by atoms with Gasteiger partial charge in [-0.15, -0.1) is 0 Å². The van der Waals surface area contributed by atoms with E-state index in [-0.39, 0.29) is 5.41 Å². The molecule has 294 valence electrons. The van der Waals surface area contributed by atoms with E-state index in [4.69, 9.17) is 15.0 Å². The van der Waals surface area contributed by atoms with Crippen LogP contribution in [-0.2, 0) is 5.41 Å². The summed E-state index contributed by atoms with van der Waals surface area (Å²) < 4.78 is 0. The first-order chi connectivity index (χ1) is 30.6. The number of nitriles is 1. The Labute approximate surface area is 362 Å². The molecule has 0 unspecified atom stereocenters. The van der Waals surface area contributed by atoms with Crippen LogP contribution in [0, 0.1) is 11.3 Å². The van der Waals surface area contributed by atoms with Crippen molar-refractivity contribution in [3.8, 4) is 95.9 Å². The highest BCUT2D eigenvalue weighted by Gasteiger charge is 2.43. The van der Waals surface area contributed by atoms with Crippen molar-refractivity contribution in [2.75, 3.05) is 0 Å². The maximum atomic E-state index is 9.68. The highest BCUT2D eigenvalue weighted by Crippen LogP contribution is 2.56. The zero-order valence-corrected chi connectivity index (χ0v) is 34.2. The summed E-state index contributed by atoms with van der Waals surface area (Å²) in [7, 11) is 0. The third-order valence-electron chi connectivity index (χ3n) is 12.9. The Morgan fingerprint density at radius 3 is 1.53 bits per heavy atom. The molecule has 1 spiro atoms. The Hall–Kier alpha value is -7.81. The molecule has 2 heterocycles. The van der Waals surface area contributed by atoms with E-state index in [1.54, 1.807) is 6.20 Å². The van der Waals surface area contributed by atoms with E-state index in [2.05, 4.69) is 145 Å². The van der Waals surface area contributed by atoms with Crippen LogP contribution in [0.1, 0.15) is 48.8 Å². The first-order valence-electron chi connectivity index (χ1n) is 21.5. The number of nitrogens with zero attached hydrogens (tertiary/aromatic N) is 5. The number of rotatable bonds is 7. The van der Waals surface area contributed by atoms with Gasteiger partial charge in [0.2, 0.25) is 0 Å². The standard InChI is InChI=1S/C57H41N5/c58-36-38-14-29-52-51(33-38)50-28-27-47(35-53(50)57(52)30-5-2-6-31-57)42-21-17-40(18-22-42)39-15-19-41(20-16-39)46-11-7-12-48(34-46)56-61-54(44-9-3-1-4-10-44)60-55(62-56)45-25-23-43(24-26-45)49-13-8-32-59-37-49/h1,3-4,7-29,32-35,37H,2,5-6,30-31H2. The maximum absolute atomic E-state index is 9.68. The number of fused-ring (bicyclic) bond motifs is 5. The summed E-state index contributed by atoms with van der Waals surface area (Å²) in [5.41, 5.74) is 18.1. The average Bonchev–Trinajstić information content (AvgIpc) is 3.61. The highest BCUT2D eigenvalue weighted by molar-refractivity contribution is 5.85. The van der Waals surface area contributed by atoms with Gasteiger partial charge in [0, 0.05) is 34.5 Å². The van der Waals surface area contributed by atoms with Crippen molar-refractivity contribution in [3.63, 3.8) is 0 Å². The lowest BCUT2D eigenvalue weighted by Gasteiger charge is -2.36. The van der Waals surface area contributed by atoms with Crippen LogP contribution < -0.4 is 0 Å². The molecule has 2 aliphatic carbocycles. The van der Waals surface area contributed by atoms with Crippen LogP contribution >= 0.6 is 0 Å². The quantitative estimate of drug-likeness (QED) is 0.161. The Morgan fingerprint density at radius 1 is 0.387 bits per heavy atom.